The molecule has 0 saturated carbocycles. The van der Waals surface area contributed by atoms with Crippen molar-refractivity contribution in [1.82, 2.24) is 25.6 Å². The van der Waals surface area contributed by atoms with Crippen molar-refractivity contribution in [2.24, 2.45) is 5.16 Å². The minimum absolute atomic E-state index is 0.00587. The lowest BCUT2D eigenvalue weighted by Gasteiger charge is -2.36. The molecule has 3 unspecified atom stereocenters. The van der Waals surface area contributed by atoms with Gasteiger partial charge in [-0.3, -0.25) is 0 Å². The zero-order valence-electron chi connectivity index (χ0n) is 20.9. The van der Waals surface area contributed by atoms with Crippen LogP contribution < -0.4 is 21.1 Å². The number of aryl methyl sites for hydroxylation is 1. The first-order valence-electron chi connectivity index (χ1n) is 12.0. The molecule has 1 aromatic carbocycles. The van der Waals surface area contributed by atoms with Crippen molar-refractivity contribution >= 4 is 11.8 Å². The molecule has 0 spiro atoms. The molecule has 0 amide bonds. The summed E-state index contributed by atoms with van der Waals surface area (Å²) < 4.78 is 51.9. The minimum atomic E-state index is -3.66. The highest BCUT2D eigenvalue weighted by atomic mass is 19.3. The first kappa shape index (κ1) is 26.6. The zero-order valence-corrected chi connectivity index (χ0v) is 20.9. The fourth-order valence-corrected chi connectivity index (χ4v) is 4.70. The number of nitrogens with two attached hydrogens (primary N) is 1. The van der Waals surface area contributed by atoms with Crippen LogP contribution in [0.3, 0.4) is 0 Å². The number of ether oxygens (including phenoxy) is 1. The van der Waals surface area contributed by atoms with Crippen LogP contribution in [-0.4, -0.2) is 69.5 Å². The van der Waals surface area contributed by atoms with E-state index in [2.05, 4.69) is 30.7 Å². The summed E-state index contributed by atoms with van der Waals surface area (Å²) in [5.41, 5.74) is 5.40. The van der Waals surface area contributed by atoms with E-state index in [4.69, 9.17) is 15.3 Å². The maximum absolute atomic E-state index is 16.2. The standard InChI is InChI=1S/C25H26F3N7O4/c1-11-19-22(34-24(29)31-11)25(27,28)21(33-23(19)35-39-10-16-20(37)17(36)9-30-16)13-7-6-12(26)8-14(13)15-4-3-5-18(32-15)38-2/h3-8,16-17,20-21,30,36-37H,9-10H2,1-2H3,(H,33,35)(H2,29,31,34)/t16?,17?,20?,21-/m0/s1. The van der Waals surface area contributed by atoms with E-state index in [1.807, 2.05) is 0 Å². The van der Waals surface area contributed by atoms with Gasteiger partial charge in [-0.25, -0.2) is 19.3 Å². The summed E-state index contributed by atoms with van der Waals surface area (Å²) in [5.74, 6) is -4.55. The Bertz CT molecular complexity index is 1420. The normalized spacial score (nSPS) is 24.7. The Morgan fingerprint density at radius 1 is 1.18 bits per heavy atom. The molecule has 14 heteroatoms. The number of oxime groups is 1. The maximum Gasteiger partial charge on any atom is 0.314 e. The summed E-state index contributed by atoms with van der Waals surface area (Å²) in [4.78, 5) is 17.6. The Morgan fingerprint density at radius 3 is 2.69 bits per heavy atom. The Morgan fingerprint density at radius 2 is 1.97 bits per heavy atom. The maximum atomic E-state index is 16.2. The predicted octanol–water partition coefficient (Wildman–Crippen LogP) is 1.39. The molecule has 206 valence electrons. The number of nitrogens with one attached hydrogen (secondary N) is 2. The average Bonchev–Trinajstić information content (AvgIpc) is 3.22. The molecule has 1 fully saturated rings. The quantitative estimate of drug-likeness (QED) is 0.286. The fraction of sp³-hybridized carbons (Fsp3) is 0.360. The van der Waals surface area contributed by atoms with Crippen LogP contribution in [0.25, 0.3) is 11.3 Å². The van der Waals surface area contributed by atoms with Crippen molar-refractivity contribution in [2.75, 3.05) is 26.0 Å². The van der Waals surface area contributed by atoms with Gasteiger partial charge in [0.25, 0.3) is 0 Å². The minimum Gasteiger partial charge on any atom is -0.481 e. The number of aromatic nitrogens is 3. The smallest absolute Gasteiger partial charge is 0.314 e. The van der Waals surface area contributed by atoms with Crippen LogP contribution in [-0.2, 0) is 10.8 Å². The number of methoxy groups -OCH3 is 1. The Labute approximate surface area is 220 Å². The van der Waals surface area contributed by atoms with E-state index in [0.717, 1.165) is 12.1 Å². The van der Waals surface area contributed by atoms with Crippen LogP contribution in [0.15, 0.2) is 41.6 Å². The molecule has 1 saturated heterocycles. The highest BCUT2D eigenvalue weighted by Gasteiger charge is 2.52. The van der Waals surface area contributed by atoms with E-state index in [9.17, 15) is 14.6 Å². The van der Waals surface area contributed by atoms with Gasteiger partial charge in [-0.1, -0.05) is 17.3 Å². The number of amidine groups is 1. The van der Waals surface area contributed by atoms with Gasteiger partial charge in [0.05, 0.1) is 42.3 Å². The molecule has 3 aromatic rings. The van der Waals surface area contributed by atoms with E-state index in [-0.39, 0.29) is 58.9 Å². The van der Waals surface area contributed by atoms with Crippen LogP contribution in [0.4, 0.5) is 19.1 Å². The highest BCUT2D eigenvalue weighted by molar-refractivity contribution is 6.02. The lowest BCUT2D eigenvalue weighted by atomic mass is 9.87. The number of anilines is 1. The lowest BCUT2D eigenvalue weighted by Crippen LogP contribution is -2.47. The number of β-amino-alcohol motifs (C(OH)–C–C–N with tert-alkyl or cyclic N) is 1. The van der Waals surface area contributed by atoms with Crippen molar-refractivity contribution in [1.29, 1.82) is 0 Å². The van der Waals surface area contributed by atoms with Crippen molar-refractivity contribution < 1.29 is 33.0 Å². The molecule has 0 aliphatic carbocycles. The number of rotatable bonds is 6. The van der Waals surface area contributed by atoms with Gasteiger partial charge in [0.1, 0.15) is 24.2 Å². The molecule has 4 atom stereocenters. The van der Waals surface area contributed by atoms with Gasteiger partial charge in [0.15, 0.2) is 5.84 Å². The molecule has 2 aliphatic heterocycles. The Kier molecular flexibility index (Phi) is 7.01. The summed E-state index contributed by atoms with van der Waals surface area (Å²) in [6, 6.07) is 5.72. The van der Waals surface area contributed by atoms with Crippen LogP contribution in [0.5, 0.6) is 5.88 Å². The SMILES string of the molecule is COc1cccc(-c2cc(F)ccc2[C@@H]2N/C(=N\OCC3NCC(O)C3O)c3c(C)nc(N)nc3C2(F)F)n1. The van der Waals surface area contributed by atoms with Gasteiger partial charge < -0.3 is 36.2 Å². The van der Waals surface area contributed by atoms with Crippen molar-refractivity contribution in [2.45, 2.75) is 37.1 Å². The Hall–Kier alpha value is -4.01. The predicted molar refractivity (Wildman–Crippen MR) is 133 cm³/mol. The number of benzene rings is 1. The van der Waals surface area contributed by atoms with E-state index in [1.54, 1.807) is 18.2 Å². The van der Waals surface area contributed by atoms with E-state index in [0.29, 0.717) is 0 Å². The zero-order chi connectivity index (χ0) is 27.9. The number of nitrogens with zero attached hydrogens (tertiary/aromatic N) is 4. The van der Waals surface area contributed by atoms with Crippen LogP contribution >= 0.6 is 0 Å². The number of hydrogen-bond donors (Lipinski definition) is 5. The van der Waals surface area contributed by atoms with Gasteiger partial charge in [-0.15, -0.1) is 0 Å². The van der Waals surface area contributed by atoms with E-state index < -0.39 is 41.7 Å². The second-order valence-corrected chi connectivity index (χ2v) is 9.20. The van der Waals surface area contributed by atoms with Gasteiger partial charge in [-0.05, 0) is 30.7 Å². The highest BCUT2D eigenvalue weighted by Crippen LogP contribution is 2.47. The van der Waals surface area contributed by atoms with Crippen LogP contribution in [0.1, 0.15) is 28.6 Å². The topological polar surface area (TPSA) is 160 Å². The van der Waals surface area contributed by atoms with Gasteiger partial charge >= 0.3 is 5.92 Å². The number of aliphatic hydroxyl groups excluding tert-OH is 2. The first-order valence-corrected chi connectivity index (χ1v) is 12.0. The number of alkyl halides is 2. The monoisotopic (exact) mass is 545 g/mol. The summed E-state index contributed by atoms with van der Waals surface area (Å²) in [5, 5.41) is 29.4. The van der Waals surface area contributed by atoms with E-state index >= 15 is 8.78 Å². The molecule has 39 heavy (non-hydrogen) atoms. The van der Waals surface area contributed by atoms with Gasteiger partial charge in [-0.2, -0.15) is 8.78 Å². The molecular formula is C25H26F3N7O4. The van der Waals surface area contributed by atoms with Crippen molar-refractivity contribution in [3.8, 4) is 17.1 Å². The third kappa shape index (κ3) is 4.93. The molecule has 11 nitrogen and oxygen atoms in total. The first-order chi connectivity index (χ1) is 18.6. The van der Waals surface area contributed by atoms with Gasteiger partial charge in [0, 0.05) is 18.2 Å². The average molecular weight is 546 g/mol. The number of fused-ring (bicyclic) bond motifs is 1. The third-order valence-corrected chi connectivity index (χ3v) is 6.64. The van der Waals surface area contributed by atoms with Crippen molar-refractivity contribution in [3.63, 3.8) is 0 Å². The molecule has 4 heterocycles. The molecular weight excluding hydrogens is 519 g/mol. The number of nitrogen functional groups attached to an aromatic ring is 1. The number of aliphatic hydroxyl groups is 2. The molecule has 2 aliphatic rings. The van der Waals surface area contributed by atoms with Crippen LogP contribution in [0.2, 0.25) is 0 Å². The largest absolute Gasteiger partial charge is 0.481 e. The van der Waals surface area contributed by atoms with E-state index in [1.165, 1.54) is 20.1 Å². The van der Waals surface area contributed by atoms with Crippen LogP contribution in [0, 0.1) is 12.7 Å². The molecule has 5 rings (SSSR count). The Balaban J connectivity index is 1.59. The molecule has 0 bridgehead atoms. The number of pyridine rings is 1. The number of halogens is 3. The second kappa shape index (κ2) is 10.3. The summed E-state index contributed by atoms with van der Waals surface area (Å²) >= 11 is 0. The molecule has 0 radical (unpaired) electrons. The summed E-state index contributed by atoms with van der Waals surface area (Å²) in [6.45, 7) is 1.48. The fourth-order valence-electron chi connectivity index (χ4n) is 4.70. The molecule has 6 N–H and O–H groups in total. The number of hydrogen-bond acceptors (Lipinski definition) is 10. The van der Waals surface area contributed by atoms with Gasteiger partial charge in [0.2, 0.25) is 11.8 Å². The second-order valence-electron chi connectivity index (χ2n) is 9.20. The summed E-state index contributed by atoms with van der Waals surface area (Å²) in [6.07, 6.45) is -2.06. The van der Waals surface area contributed by atoms with Crippen molar-refractivity contribution in [3.05, 3.63) is 64.7 Å². The molecule has 2 aromatic heterocycles. The lowest BCUT2D eigenvalue weighted by molar-refractivity contribution is -0.0473. The third-order valence-electron chi connectivity index (χ3n) is 6.64. The summed E-state index contributed by atoms with van der Waals surface area (Å²) in [7, 11) is 1.41.